The minimum Gasteiger partial charge on any atom is -0.0623 e. The zero-order valence-electron chi connectivity index (χ0n) is 10.3. The molecule has 0 bridgehead atoms. The molecule has 0 nitrogen and oxygen atoms in total. The van der Waals surface area contributed by atoms with Crippen LogP contribution in [0.2, 0.25) is 0 Å². The lowest BCUT2D eigenvalue weighted by molar-refractivity contribution is 1.71. The van der Waals surface area contributed by atoms with Crippen molar-refractivity contribution in [2.45, 2.75) is 0 Å². The second-order valence-electron chi connectivity index (χ2n) is 3.39. The highest BCUT2D eigenvalue weighted by molar-refractivity contribution is 4.99. The van der Waals surface area contributed by atoms with E-state index in [9.17, 15) is 0 Å². The zero-order chi connectivity index (χ0) is 12.7. The molecular weight excluding hydrogens is 216 g/mol. The molecule has 0 spiro atoms. The Morgan fingerprint density at radius 2 is 0.500 bits per heavy atom. The first-order valence-electron chi connectivity index (χ1n) is 5.91. The van der Waals surface area contributed by atoms with Gasteiger partial charge in [-0.25, -0.2) is 0 Å². The molecule has 0 fully saturated rings. The Labute approximate surface area is 110 Å². The summed E-state index contributed by atoms with van der Waals surface area (Å²) in [7, 11) is 0. The fourth-order valence-electron chi connectivity index (χ4n) is 1.11. The maximum atomic E-state index is 3.04. The van der Waals surface area contributed by atoms with Gasteiger partial charge < -0.3 is 0 Å². The Morgan fingerprint density at radius 1 is 0.278 bits per heavy atom. The van der Waals surface area contributed by atoms with E-state index in [0.717, 1.165) is 0 Å². The molecule has 0 aliphatic heterocycles. The summed E-state index contributed by atoms with van der Waals surface area (Å²) in [6.07, 6.45) is 0. The van der Waals surface area contributed by atoms with Gasteiger partial charge in [-0.2, -0.15) is 0 Å². The predicted octanol–water partition coefficient (Wildman–Crippen LogP) is 4.86. The fourth-order valence-corrected chi connectivity index (χ4v) is 1.11. The maximum absolute atomic E-state index is 3.04. The highest BCUT2D eigenvalue weighted by atomic mass is 13.7. The highest BCUT2D eigenvalue weighted by Gasteiger charge is 1.59. The van der Waals surface area contributed by atoms with Crippen molar-refractivity contribution >= 4 is 0 Å². The van der Waals surface area contributed by atoms with E-state index in [1.165, 1.54) is 0 Å². The average Bonchev–Trinajstić information content (AvgIpc) is 2.39. The zero-order valence-corrected chi connectivity index (χ0v) is 10.3. The first kappa shape index (κ1) is 13.7. The molecule has 0 heteroatoms. The Kier molecular flexibility index (Phi) is 8.50. The normalized spacial score (nSPS) is 8.00. The molecule has 0 saturated heterocycles. The largest absolute Gasteiger partial charge is 0.0623 e. The summed E-state index contributed by atoms with van der Waals surface area (Å²) in [6.45, 7) is 0. The van der Waals surface area contributed by atoms with Crippen LogP contribution in [0.1, 0.15) is 0 Å². The van der Waals surface area contributed by atoms with Crippen molar-refractivity contribution in [3.05, 3.63) is 109 Å². The molecule has 18 heavy (non-hydrogen) atoms. The maximum Gasteiger partial charge on any atom is -0.0184 e. The number of hydrogen-bond acceptors (Lipinski definition) is 0. The molecule has 0 amide bonds. The van der Waals surface area contributed by atoms with Crippen molar-refractivity contribution in [3.8, 4) is 0 Å². The SMILES string of the molecule is [c]1ccccccccccccccccc1. The minimum atomic E-state index is 1.88. The van der Waals surface area contributed by atoms with Crippen molar-refractivity contribution in [1.82, 2.24) is 0 Å². The first-order valence-corrected chi connectivity index (χ1v) is 5.91. The van der Waals surface area contributed by atoms with E-state index in [-0.39, 0.29) is 0 Å². The van der Waals surface area contributed by atoms with Gasteiger partial charge in [0.05, 0.1) is 0 Å². The van der Waals surface area contributed by atoms with Crippen LogP contribution in [0.4, 0.5) is 0 Å². The van der Waals surface area contributed by atoms with Gasteiger partial charge in [0.2, 0.25) is 0 Å². The third-order valence-electron chi connectivity index (χ3n) is 1.94. The monoisotopic (exact) mass is 233 g/mol. The third-order valence-corrected chi connectivity index (χ3v) is 1.94. The van der Waals surface area contributed by atoms with Crippen molar-refractivity contribution < 1.29 is 0 Å². The van der Waals surface area contributed by atoms with Crippen LogP contribution in [0.25, 0.3) is 0 Å². The van der Waals surface area contributed by atoms with Crippen LogP contribution in [-0.4, -0.2) is 0 Å². The smallest absolute Gasteiger partial charge is 0.0184 e. The van der Waals surface area contributed by atoms with Crippen LogP contribution in [0.15, 0.2) is 103 Å². The van der Waals surface area contributed by atoms with Gasteiger partial charge in [-0.3, -0.25) is 0 Å². The fraction of sp³-hybridized carbons (Fsp3) is 0. The Bertz CT molecular complexity index is 291. The van der Waals surface area contributed by atoms with Gasteiger partial charge in [0.25, 0.3) is 0 Å². The minimum absolute atomic E-state index is 1.88. The van der Waals surface area contributed by atoms with Gasteiger partial charge in [-0.1, -0.05) is 103 Å². The van der Waals surface area contributed by atoms with Gasteiger partial charge >= 0.3 is 0 Å². The molecule has 1 aromatic carbocycles. The van der Waals surface area contributed by atoms with Crippen molar-refractivity contribution in [3.63, 3.8) is 0 Å². The summed E-state index contributed by atoms with van der Waals surface area (Å²) < 4.78 is 0. The van der Waals surface area contributed by atoms with Crippen LogP contribution in [0.3, 0.4) is 0 Å². The van der Waals surface area contributed by atoms with Crippen LogP contribution in [0.5, 0.6) is 0 Å². The molecular formula is C18H17. The lowest BCUT2D eigenvalue weighted by Gasteiger charge is -1.69. The van der Waals surface area contributed by atoms with Gasteiger partial charge in [0.1, 0.15) is 0 Å². The molecule has 1 radical (unpaired) electrons. The molecule has 1 rings (SSSR count). The van der Waals surface area contributed by atoms with Crippen LogP contribution >= 0.6 is 0 Å². The van der Waals surface area contributed by atoms with Crippen LogP contribution < -0.4 is 0 Å². The summed E-state index contributed by atoms with van der Waals surface area (Å²) >= 11 is 0. The van der Waals surface area contributed by atoms with Gasteiger partial charge in [0.15, 0.2) is 0 Å². The predicted molar refractivity (Wildman–Crippen MR) is 78.2 cm³/mol. The molecule has 0 aliphatic carbocycles. The Hall–Kier alpha value is -2.34. The molecule has 0 heterocycles. The highest BCUT2D eigenvalue weighted by Crippen LogP contribution is 1.80. The van der Waals surface area contributed by atoms with Crippen LogP contribution in [0, 0.1) is 6.07 Å². The van der Waals surface area contributed by atoms with Gasteiger partial charge in [-0.15, -0.1) is 0 Å². The lowest BCUT2D eigenvalue weighted by Crippen LogP contribution is -1.48. The van der Waals surface area contributed by atoms with E-state index in [2.05, 4.69) is 6.07 Å². The molecule has 0 aliphatic rings. The van der Waals surface area contributed by atoms with E-state index >= 15 is 0 Å². The van der Waals surface area contributed by atoms with Gasteiger partial charge in [-0.05, 0) is 6.07 Å². The summed E-state index contributed by atoms with van der Waals surface area (Å²) in [5.74, 6) is 0. The Morgan fingerprint density at radius 3 is 0.778 bits per heavy atom. The first-order chi connectivity index (χ1) is 9.00. The molecule has 0 N–H and O–H groups in total. The summed E-state index contributed by atoms with van der Waals surface area (Å²) in [5, 5.41) is 0. The summed E-state index contributed by atoms with van der Waals surface area (Å²) in [6, 6.07) is 36.5. The van der Waals surface area contributed by atoms with E-state index in [4.69, 9.17) is 0 Å². The standard InChI is InChI=1S/C18H17/c1-2-4-6-8-10-12-14-16-18-17-15-13-11-9-7-5-3-1/h1-17H. The van der Waals surface area contributed by atoms with E-state index in [1.54, 1.807) is 0 Å². The molecule has 0 atom stereocenters. The average molecular weight is 233 g/mol. The van der Waals surface area contributed by atoms with Crippen molar-refractivity contribution in [2.24, 2.45) is 0 Å². The topological polar surface area (TPSA) is 0 Å². The Balaban J connectivity index is 3.00. The summed E-state index contributed by atoms with van der Waals surface area (Å²) in [4.78, 5) is 0. The third kappa shape index (κ3) is 8.93. The number of rotatable bonds is 0. The molecule has 1 aromatic rings. The van der Waals surface area contributed by atoms with E-state index in [1.807, 2.05) is 103 Å². The van der Waals surface area contributed by atoms with Crippen LogP contribution in [-0.2, 0) is 0 Å². The quantitative estimate of drug-likeness (QED) is 0.600. The molecule has 89 valence electrons. The molecule has 0 saturated carbocycles. The second-order valence-corrected chi connectivity index (χ2v) is 3.39. The van der Waals surface area contributed by atoms with Crippen molar-refractivity contribution in [1.29, 1.82) is 0 Å². The van der Waals surface area contributed by atoms with Crippen molar-refractivity contribution in [2.75, 3.05) is 0 Å². The number of hydrogen-bond donors (Lipinski definition) is 0. The van der Waals surface area contributed by atoms with E-state index < -0.39 is 0 Å². The second kappa shape index (κ2) is 11.2. The van der Waals surface area contributed by atoms with E-state index in [0.29, 0.717) is 0 Å². The molecule has 0 unspecified atom stereocenters. The summed E-state index contributed by atoms with van der Waals surface area (Å²) in [5.41, 5.74) is 0. The molecule has 0 aromatic heterocycles. The van der Waals surface area contributed by atoms with Gasteiger partial charge in [0, 0.05) is 0 Å². The lowest BCUT2D eigenvalue weighted by atomic mass is 10.4.